The summed E-state index contributed by atoms with van der Waals surface area (Å²) in [7, 11) is 1.61. The minimum atomic E-state index is -0.268. The highest BCUT2D eigenvalue weighted by Crippen LogP contribution is 2.09. The Morgan fingerprint density at radius 3 is 2.61 bits per heavy atom. The highest BCUT2D eigenvalue weighted by Gasteiger charge is 2.00. The molecule has 6 heteroatoms. The first kappa shape index (κ1) is 14.3. The van der Waals surface area contributed by atoms with Crippen molar-refractivity contribution in [3.8, 4) is 0 Å². The molecule has 1 rings (SSSR count). The van der Waals surface area contributed by atoms with Crippen molar-refractivity contribution in [2.45, 2.75) is 0 Å². The number of urea groups is 1. The van der Waals surface area contributed by atoms with Crippen LogP contribution in [-0.4, -0.2) is 39.5 Å². The van der Waals surface area contributed by atoms with Gasteiger partial charge in [-0.25, -0.2) is 4.79 Å². The Kier molecular flexibility index (Phi) is 6.60. The summed E-state index contributed by atoms with van der Waals surface area (Å²) < 4.78 is 10.0. The molecule has 0 bridgehead atoms. The number of amides is 2. The molecule has 0 aliphatic heterocycles. The van der Waals surface area contributed by atoms with Crippen molar-refractivity contribution in [3.05, 3.63) is 24.3 Å². The number of rotatable bonds is 7. The van der Waals surface area contributed by atoms with Crippen molar-refractivity contribution in [1.29, 1.82) is 0 Å². The fourth-order valence-corrected chi connectivity index (χ4v) is 1.22. The highest BCUT2D eigenvalue weighted by atomic mass is 16.5. The molecule has 0 saturated heterocycles. The summed E-state index contributed by atoms with van der Waals surface area (Å²) >= 11 is 0. The van der Waals surface area contributed by atoms with Crippen molar-refractivity contribution in [2.24, 2.45) is 0 Å². The highest BCUT2D eigenvalue weighted by molar-refractivity contribution is 5.89. The molecule has 4 N–H and O–H groups in total. The summed E-state index contributed by atoms with van der Waals surface area (Å²) in [5, 5.41) is 5.36. The zero-order valence-electron chi connectivity index (χ0n) is 10.4. The largest absolute Gasteiger partial charge is 0.399 e. The third kappa shape index (κ3) is 6.07. The molecule has 0 fully saturated rings. The number of carbonyl (C=O) groups excluding carboxylic acids is 1. The van der Waals surface area contributed by atoms with Gasteiger partial charge in [0.1, 0.15) is 0 Å². The van der Waals surface area contributed by atoms with Gasteiger partial charge in [0, 0.05) is 25.0 Å². The van der Waals surface area contributed by atoms with Gasteiger partial charge < -0.3 is 25.8 Å². The first-order valence-corrected chi connectivity index (χ1v) is 5.69. The Morgan fingerprint density at radius 1 is 1.22 bits per heavy atom. The molecule has 0 saturated carbocycles. The topological polar surface area (TPSA) is 85.6 Å². The molecule has 18 heavy (non-hydrogen) atoms. The lowest BCUT2D eigenvalue weighted by molar-refractivity contribution is 0.0728. The molecule has 0 radical (unpaired) electrons. The number of methoxy groups -OCH3 is 1. The Labute approximate surface area is 106 Å². The minimum Gasteiger partial charge on any atom is -0.399 e. The maximum Gasteiger partial charge on any atom is 0.319 e. The molecule has 0 spiro atoms. The summed E-state index contributed by atoms with van der Waals surface area (Å²) in [5.74, 6) is 0. The quantitative estimate of drug-likeness (QED) is 0.501. The number of anilines is 2. The van der Waals surface area contributed by atoms with Crippen LogP contribution in [0.3, 0.4) is 0 Å². The van der Waals surface area contributed by atoms with Crippen LogP contribution in [0.2, 0.25) is 0 Å². The van der Waals surface area contributed by atoms with Crippen LogP contribution in [-0.2, 0) is 9.47 Å². The number of ether oxygens (including phenoxy) is 2. The van der Waals surface area contributed by atoms with E-state index in [4.69, 9.17) is 15.2 Å². The normalized spacial score (nSPS) is 10.1. The van der Waals surface area contributed by atoms with Crippen LogP contribution in [0.25, 0.3) is 0 Å². The molecule has 0 aromatic heterocycles. The second-order valence-electron chi connectivity index (χ2n) is 3.61. The number of benzene rings is 1. The number of nitrogen functional groups attached to an aromatic ring is 1. The number of hydrogen-bond donors (Lipinski definition) is 3. The minimum absolute atomic E-state index is 0.268. The Morgan fingerprint density at radius 2 is 1.94 bits per heavy atom. The molecule has 0 aliphatic rings. The first-order chi connectivity index (χ1) is 8.72. The van der Waals surface area contributed by atoms with E-state index >= 15 is 0 Å². The van der Waals surface area contributed by atoms with Crippen molar-refractivity contribution < 1.29 is 14.3 Å². The fraction of sp³-hybridized carbons (Fsp3) is 0.417. The smallest absolute Gasteiger partial charge is 0.319 e. The van der Waals surface area contributed by atoms with E-state index in [1.54, 1.807) is 31.4 Å². The maximum absolute atomic E-state index is 11.5. The molecule has 6 nitrogen and oxygen atoms in total. The molecule has 0 aliphatic carbocycles. The zero-order chi connectivity index (χ0) is 13.2. The van der Waals surface area contributed by atoms with E-state index in [1.165, 1.54) is 0 Å². The Hall–Kier alpha value is -1.79. The summed E-state index contributed by atoms with van der Waals surface area (Å²) in [5.41, 5.74) is 6.90. The molecule has 100 valence electrons. The average molecular weight is 253 g/mol. The van der Waals surface area contributed by atoms with Crippen LogP contribution < -0.4 is 16.4 Å². The van der Waals surface area contributed by atoms with Crippen LogP contribution in [0, 0.1) is 0 Å². The lowest BCUT2D eigenvalue weighted by Crippen LogP contribution is -2.31. The Bertz CT molecular complexity index is 354. The number of nitrogens with two attached hydrogens (primary N) is 1. The monoisotopic (exact) mass is 253 g/mol. The van der Waals surface area contributed by atoms with Crippen LogP contribution in [0.15, 0.2) is 24.3 Å². The van der Waals surface area contributed by atoms with Gasteiger partial charge in [-0.3, -0.25) is 0 Å². The van der Waals surface area contributed by atoms with Gasteiger partial charge in [0.25, 0.3) is 0 Å². The van der Waals surface area contributed by atoms with Gasteiger partial charge in [-0.15, -0.1) is 0 Å². The molecule has 0 atom stereocenters. The van der Waals surface area contributed by atoms with Crippen molar-refractivity contribution in [1.82, 2.24) is 5.32 Å². The second-order valence-corrected chi connectivity index (χ2v) is 3.61. The molecule has 1 aromatic carbocycles. The lowest BCUT2D eigenvalue weighted by atomic mass is 10.3. The summed E-state index contributed by atoms with van der Waals surface area (Å²) in [4.78, 5) is 11.5. The van der Waals surface area contributed by atoms with E-state index < -0.39 is 0 Å². The van der Waals surface area contributed by atoms with Crippen LogP contribution in [0.1, 0.15) is 0 Å². The van der Waals surface area contributed by atoms with Gasteiger partial charge in [-0.05, 0) is 24.3 Å². The van der Waals surface area contributed by atoms with Crippen LogP contribution >= 0.6 is 0 Å². The number of hydrogen-bond acceptors (Lipinski definition) is 4. The van der Waals surface area contributed by atoms with E-state index in [9.17, 15) is 4.79 Å². The van der Waals surface area contributed by atoms with Gasteiger partial charge >= 0.3 is 6.03 Å². The average Bonchev–Trinajstić information content (AvgIpc) is 2.36. The van der Waals surface area contributed by atoms with Gasteiger partial charge in [0.2, 0.25) is 0 Å². The van der Waals surface area contributed by atoms with Crippen LogP contribution in [0.4, 0.5) is 16.2 Å². The molecule has 0 heterocycles. The summed E-state index contributed by atoms with van der Waals surface area (Å²) in [6, 6.07) is 6.66. The predicted molar refractivity (Wildman–Crippen MR) is 70.6 cm³/mol. The number of nitrogens with one attached hydrogen (secondary N) is 2. The van der Waals surface area contributed by atoms with E-state index in [0.717, 1.165) is 0 Å². The SMILES string of the molecule is COCCOCCNC(=O)Nc1ccc(N)cc1. The molecule has 1 aromatic rings. The van der Waals surface area contributed by atoms with Gasteiger partial charge in [-0.2, -0.15) is 0 Å². The van der Waals surface area contributed by atoms with E-state index in [-0.39, 0.29) is 6.03 Å². The number of carbonyl (C=O) groups is 1. The van der Waals surface area contributed by atoms with Crippen molar-refractivity contribution in [3.63, 3.8) is 0 Å². The van der Waals surface area contributed by atoms with Gasteiger partial charge in [0.15, 0.2) is 0 Å². The predicted octanol–water partition coefficient (Wildman–Crippen LogP) is 1.05. The van der Waals surface area contributed by atoms with E-state index in [0.29, 0.717) is 37.7 Å². The third-order valence-corrected chi connectivity index (χ3v) is 2.13. The third-order valence-electron chi connectivity index (χ3n) is 2.13. The van der Waals surface area contributed by atoms with Crippen molar-refractivity contribution in [2.75, 3.05) is 44.5 Å². The van der Waals surface area contributed by atoms with E-state index in [1.807, 2.05) is 0 Å². The zero-order valence-corrected chi connectivity index (χ0v) is 10.4. The van der Waals surface area contributed by atoms with Gasteiger partial charge in [0.05, 0.1) is 19.8 Å². The molecular formula is C12H19N3O3. The summed E-state index contributed by atoms with van der Waals surface area (Å²) in [6.07, 6.45) is 0. The summed E-state index contributed by atoms with van der Waals surface area (Å²) in [6.45, 7) is 1.98. The van der Waals surface area contributed by atoms with E-state index in [2.05, 4.69) is 10.6 Å². The van der Waals surface area contributed by atoms with Crippen LogP contribution in [0.5, 0.6) is 0 Å². The maximum atomic E-state index is 11.5. The first-order valence-electron chi connectivity index (χ1n) is 5.69. The molecule has 0 unspecified atom stereocenters. The standard InChI is InChI=1S/C12H19N3O3/c1-17-8-9-18-7-6-14-12(16)15-11-4-2-10(13)3-5-11/h2-5H,6-9,13H2,1H3,(H2,14,15,16). The fourth-order valence-electron chi connectivity index (χ4n) is 1.22. The molecule has 2 amide bonds. The lowest BCUT2D eigenvalue weighted by Gasteiger charge is -2.08. The Balaban J connectivity index is 2.12. The second kappa shape index (κ2) is 8.32. The van der Waals surface area contributed by atoms with Crippen molar-refractivity contribution >= 4 is 17.4 Å². The van der Waals surface area contributed by atoms with Gasteiger partial charge in [-0.1, -0.05) is 0 Å². The molecular weight excluding hydrogens is 234 g/mol.